The van der Waals surface area contributed by atoms with Gasteiger partial charge >= 0.3 is 0 Å². The molecule has 0 saturated carbocycles. The van der Waals surface area contributed by atoms with Crippen molar-refractivity contribution in [1.82, 2.24) is 0 Å². The lowest BCUT2D eigenvalue weighted by Gasteiger charge is -2.11. The van der Waals surface area contributed by atoms with Gasteiger partial charge < -0.3 is 5.11 Å². The largest absolute Gasteiger partial charge is 0.393 e. The van der Waals surface area contributed by atoms with Crippen LogP contribution in [0.15, 0.2) is 0 Å². The average Bonchev–Trinajstić information content (AvgIpc) is 2.37. The second-order valence-electron chi connectivity index (χ2n) is 5.82. The Morgan fingerprint density at radius 2 is 1.30 bits per heavy atom. The van der Waals surface area contributed by atoms with Crippen molar-refractivity contribution in [3.8, 4) is 0 Å². The first-order valence-electron chi connectivity index (χ1n) is 8.02. The normalized spacial score (nSPS) is 15.2. The molecule has 0 amide bonds. The van der Waals surface area contributed by atoms with Gasteiger partial charge in [-0.1, -0.05) is 58.3 Å². The quantitative estimate of drug-likeness (QED) is 0.399. The Bertz CT molecular complexity index is 314. The molecule has 122 valence electrons. The fraction of sp³-hybridized carbons (Fsp3) is 1.00. The van der Waals surface area contributed by atoms with Gasteiger partial charge in [0.05, 0.1) is 11.4 Å². The fourth-order valence-corrected chi connectivity index (χ4v) is 2.73. The molecule has 0 bridgehead atoms. The van der Waals surface area contributed by atoms with Gasteiger partial charge in [0.2, 0.25) is 0 Å². The highest BCUT2D eigenvalue weighted by Crippen LogP contribution is 2.14. The summed E-state index contributed by atoms with van der Waals surface area (Å²) in [4.78, 5) is 0. The summed E-state index contributed by atoms with van der Waals surface area (Å²) in [5.41, 5.74) is 0. The molecule has 2 unspecified atom stereocenters. The van der Waals surface area contributed by atoms with Crippen molar-refractivity contribution in [1.29, 1.82) is 0 Å². The van der Waals surface area contributed by atoms with Crippen LogP contribution in [0.5, 0.6) is 0 Å². The lowest BCUT2D eigenvalue weighted by Crippen LogP contribution is -2.16. The summed E-state index contributed by atoms with van der Waals surface area (Å²) in [6.45, 7) is 3.72. The van der Waals surface area contributed by atoms with E-state index in [-0.39, 0.29) is 6.10 Å². The Morgan fingerprint density at radius 1 is 0.850 bits per heavy atom. The zero-order valence-electron chi connectivity index (χ0n) is 13.1. The maximum Gasteiger partial charge on any atom is 0.267 e. The summed E-state index contributed by atoms with van der Waals surface area (Å²) in [6, 6.07) is 0. The maximum absolute atomic E-state index is 10.8. The topological polar surface area (TPSA) is 74.6 Å². The van der Waals surface area contributed by atoms with Crippen molar-refractivity contribution in [3.05, 3.63) is 0 Å². The molecule has 5 heteroatoms. The van der Waals surface area contributed by atoms with E-state index in [0.717, 1.165) is 32.1 Å². The van der Waals surface area contributed by atoms with Crippen molar-refractivity contribution >= 4 is 10.1 Å². The number of aliphatic hydroxyl groups excluding tert-OH is 1. The SMILES string of the molecule is CCCCCCCCC(O)CCCCC(C)S(=O)(=O)O. The van der Waals surface area contributed by atoms with Crippen LogP contribution in [-0.4, -0.2) is 29.4 Å². The van der Waals surface area contributed by atoms with Crippen LogP contribution in [0.2, 0.25) is 0 Å². The maximum atomic E-state index is 10.8. The molecular formula is C15H32O4S. The molecule has 0 aliphatic heterocycles. The summed E-state index contributed by atoms with van der Waals surface area (Å²) in [6.07, 6.45) is 10.7. The summed E-state index contributed by atoms with van der Waals surface area (Å²) in [5, 5.41) is 9.11. The predicted octanol–water partition coefficient (Wildman–Crippen LogP) is 3.93. The minimum atomic E-state index is -3.89. The highest BCUT2D eigenvalue weighted by Gasteiger charge is 2.16. The molecule has 2 N–H and O–H groups in total. The molecule has 0 rings (SSSR count). The molecule has 0 aromatic heterocycles. The van der Waals surface area contributed by atoms with Gasteiger partial charge in [-0.05, 0) is 26.2 Å². The monoisotopic (exact) mass is 308 g/mol. The van der Waals surface area contributed by atoms with E-state index in [0.29, 0.717) is 6.42 Å². The van der Waals surface area contributed by atoms with Crippen molar-refractivity contribution in [3.63, 3.8) is 0 Å². The smallest absolute Gasteiger partial charge is 0.267 e. The zero-order chi connectivity index (χ0) is 15.4. The summed E-state index contributed by atoms with van der Waals surface area (Å²) >= 11 is 0. The first-order valence-corrected chi connectivity index (χ1v) is 9.52. The molecule has 0 spiro atoms. The minimum absolute atomic E-state index is 0.262. The molecule has 2 atom stereocenters. The first kappa shape index (κ1) is 19.9. The standard InChI is InChI=1S/C15H32O4S/c1-3-4-5-6-7-8-12-15(16)13-10-9-11-14(2)20(17,18)19/h14-16H,3-13H2,1-2H3,(H,17,18,19). The average molecular weight is 308 g/mol. The number of rotatable bonds is 13. The molecular weight excluding hydrogens is 276 g/mol. The molecule has 0 fully saturated rings. The molecule has 0 aromatic rings. The lowest BCUT2D eigenvalue weighted by molar-refractivity contribution is 0.147. The second-order valence-corrected chi connectivity index (χ2v) is 7.65. The zero-order valence-corrected chi connectivity index (χ0v) is 13.9. The van der Waals surface area contributed by atoms with Crippen LogP contribution in [0.3, 0.4) is 0 Å². The van der Waals surface area contributed by atoms with E-state index in [1.54, 1.807) is 0 Å². The van der Waals surface area contributed by atoms with Gasteiger partial charge in [-0.25, -0.2) is 0 Å². The van der Waals surface area contributed by atoms with E-state index in [1.165, 1.54) is 39.0 Å². The van der Waals surface area contributed by atoms with Crippen LogP contribution in [0.25, 0.3) is 0 Å². The molecule has 0 heterocycles. The fourth-order valence-electron chi connectivity index (χ4n) is 2.27. The number of aliphatic hydroxyl groups is 1. The third kappa shape index (κ3) is 11.7. The van der Waals surface area contributed by atoms with Gasteiger partial charge in [0.1, 0.15) is 0 Å². The Hall–Kier alpha value is -0.130. The van der Waals surface area contributed by atoms with Crippen LogP contribution in [-0.2, 0) is 10.1 Å². The van der Waals surface area contributed by atoms with Gasteiger partial charge in [0.25, 0.3) is 10.1 Å². The van der Waals surface area contributed by atoms with Gasteiger partial charge in [-0.2, -0.15) is 8.42 Å². The number of unbranched alkanes of at least 4 members (excludes halogenated alkanes) is 6. The van der Waals surface area contributed by atoms with Crippen molar-refractivity contribution < 1.29 is 18.1 Å². The van der Waals surface area contributed by atoms with Gasteiger partial charge in [0, 0.05) is 0 Å². The van der Waals surface area contributed by atoms with Crippen LogP contribution in [0.4, 0.5) is 0 Å². The molecule has 0 aliphatic carbocycles. The minimum Gasteiger partial charge on any atom is -0.393 e. The van der Waals surface area contributed by atoms with E-state index < -0.39 is 15.4 Å². The summed E-state index contributed by atoms with van der Waals surface area (Å²) < 4.78 is 30.5. The number of hydrogen-bond acceptors (Lipinski definition) is 3. The predicted molar refractivity (Wildman–Crippen MR) is 83.5 cm³/mol. The molecule has 4 nitrogen and oxygen atoms in total. The van der Waals surface area contributed by atoms with Crippen LogP contribution >= 0.6 is 0 Å². The van der Waals surface area contributed by atoms with Crippen LogP contribution < -0.4 is 0 Å². The van der Waals surface area contributed by atoms with Gasteiger partial charge in [-0.15, -0.1) is 0 Å². The van der Waals surface area contributed by atoms with E-state index >= 15 is 0 Å². The summed E-state index contributed by atoms with van der Waals surface area (Å²) in [5.74, 6) is 0. The van der Waals surface area contributed by atoms with Crippen molar-refractivity contribution in [2.45, 2.75) is 95.8 Å². The highest BCUT2D eigenvalue weighted by atomic mass is 32.2. The number of hydrogen-bond donors (Lipinski definition) is 2. The molecule has 20 heavy (non-hydrogen) atoms. The Balaban J connectivity index is 3.43. The van der Waals surface area contributed by atoms with E-state index in [9.17, 15) is 13.5 Å². The van der Waals surface area contributed by atoms with Gasteiger partial charge in [-0.3, -0.25) is 4.55 Å². The Labute approximate surface area is 124 Å². The van der Waals surface area contributed by atoms with Gasteiger partial charge in [0.15, 0.2) is 0 Å². The Kier molecular flexibility index (Phi) is 11.4. The van der Waals surface area contributed by atoms with E-state index in [4.69, 9.17) is 4.55 Å². The van der Waals surface area contributed by atoms with E-state index in [2.05, 4.69) is 6.92 Å². The first-order chi connectivity index (χ1) is 9.38. The lowest BCUT2D eigenvalue weighted by atomic mass is 10.0. The summed E-state index contributed by atoms with van der Waals surface area (Å²) in [7, 11) is -3.89. The highest BCUT2D eigenvalue weighted by molar-refractivity contribution is 7.86. The van der Waals surface area contributed by atoms with Crippen LogP contribution in [0, 0.1) is 0 Å². The second kappa shape index (κ2) is 11.5. The van der Waals surface area contributed by atoms with Crippen molar-refractivity contribution in [2.24, 2.45) is 0 Å². The third-order valence-electron chi connectivity index (χ3n) is 3.80. The molecule has 0 saturated heterocycles. The molecule has 0 aliphatic rings. The Morgan fingerprint density at radius 3 is 1.85 bits per heavy atom. The molecule has 0 radical (unpaired) electrons. The van der Waals surface area contributed by atoms with Crippen molar-refractivity contribution in [2.75, 3.05) is 0 Å². The van der Waals surface area contributed by atoms with E-state index in [1.807, 2.05) is 0 Å². The van der Waals surface area contributed by atoms with Crippen LogP contribution in [0.1, 0.15) is 84.5 Å². The third-order valence-corrected chi connectivity index (χ3v) is 5.05. The molecule has 0 aromatic carbocycles.